The summed E-state index contributed by atoms with van der Waals surface area (Å²) in [5.41, 5.74) is -0.621. The zero-order chi connectivity index (χ0) is 19.4. The molecule has 146 valence electrons. The van der Waals surface area contributed by atoms with Gasteiger partial charge in [-0.3, -0.25) is 20.2 Å². The van der Waals surface area contributed by atoms with Crippen LogP contribution in [-0.2, 0) is 0 Å². The summed E-state index contributed by atoms with van der Waals surface area (Å²) in [6, 6.07) is 2.19. The molecule has 1 aromatic rings. The largest absolute Gasteiger partial charge is 0.487 e. The fourth-order valence-corrected chi connectivity index (χ4v) is 2.48. The average Bonchev–Trinajstić information content (AvgIpc) is 2.61. The second-order valence-electron chi connectivity index (χ2n) is 6.12. The van der Waals surface area contributed by atoms with E-state index in [1.165, 1.54) is 0 Å². The number of hydrogen-bond donors (Lipinski definition) is 0. The van der Waals surface area contributed by atoms with Crippen LogP contribution in [0.2, 0.25) is 0 Å². The molecule has 8 nitrogen and oxygen atoms in total. The molecule has 26 heavy (non-hydrogen) atoms. The lowest BCUT2D eigenvalue weighted by Gasteiger charge is -2.10. The summed E-state index contributed by atoms with van der Waals surface area (Å²) in [7, 11) is 0. The minimum absolute atomic E-state index is 0.0865. The Balaban J connectivity index is 2.88. The Kier molecular flexibility index (Phi) is 10.0. The zero-order valence-corrected chi connectivity index (χ0v) is 15.6. The molecule has 0 saturated heterocycles. The molecule has 0 atom stereocenters. The standard InChI is InChI=1S/C18H28N2O6/c1-3-5-7-9-11-25-17-13-16(20(23)24)18(14-15(17)19(21)22)26-12-10-8-6-4-2/h13-14H,3-12H2,1-2H3. The summed E-state index contributed by atoms with van der Waals surface area (Å²) >= 11 is 0. The van der Waals surface area contributed by atoms with E-state index in [1.54, 1.807) is 0 Å². The van der Waals surface area contributed by atoms with Gasteiger partial charge in [0.05, 0.1) is 35.2 Å². The highest BCUT2D eigenvalue weighted by Crippen LogP contribution is 2.39. The first-order valence-corrected chi connectivity index (χ1v) is 9.23. The Morgan fingerprint density at radius 1 is 0.731 bits per heavy atom. The highest BCUT2D eigenvalue weighted by molar-refractivity contribution is 5.61. The van der Waals surface area contributed by atoms with E-state index in [0.29, 0.717) is 0 Å². The third kappa shape index (κ3) is 7.25. The SMILES string of the molecule is CCCCCCOc1cc([N+](=O)[O-])c(OCCCCCC)cc1[N+](=O)[O-]. The summed E-state index contributed by atoms with van der Waals surface area (Å²) in [6.07, 6.45) is 7.62. The number of ether oxygens (including phenoxy) is 2. The van der Waals surface area contributed by atoms with Gasteiger partial charge in [0.25, 0.3) is 0 Å². The van der Waals surface area contributed by atoms with E-state index in [1.807, 2.05) is 0 Å². The van der Waals surface area contributed by atoms with Gasteiger partial charge in [0.2, 0.25) is 11.5 Å². The van der Waals surface area contributed by atoms with Crippen LogP contribution in [0.1, 0.15) is 65.2 Å². The van der Waals surface area contributed by atoms with Crippen molar-refractivity contribution in [1.82, 2.24) is 0 Å². The minimum Gasteiger partial charge on any atom is -0.487 e. The summed E-state index contributed by atoms with van der Waals surface area (Å²) < 4.78 is 10.9. The van der Waals surface area contributed by atoms with Crippen LogP contribution in [0, 0.1) is 20.2 Å². The third-order valence-corrected chi connectivity index (χ3v) is 3.94. The summed E-state index contributed by atoms with van der Waals surface area (Å²) in [5, 5.41) is 22.6. The molecular weight excluding hydrogens is 340 g/mol. The molecule has 0 aliphatic carbocycles. The summed E-state index contributed by atoms with van der Waals surface area (Å²) in [4.78, 5) is 21.4. The van der Waals surface area contributed by atoms with Crippen LogP contribution >= 0.6 is 0 Å². The maximum absolute atomic E-state index is 11.3. The van der Waals surface area contributed by atoms with Gasteiger partial charge >= 0.3 is 11.4 Å². The van der Waals surface area contributed by atoms with Crippen molar-refractivity contribution < 1.29 is 19.3 Å². The predicted octanol–water partition coefficient (Wildman–Crippen LogP) is 5.42. The van der Waals surface area contributed by atoms with Gasteiger partial charge in [0.1, 0.15) is 0 Å². The lowest BCUT2D eigenvalue weighted by atomic mass is 10.2. The molecule has 0 aromatic heterocycles. The van der Waals surface area contributed by atoms with Crippen molar-refractivity contribution in [3.05, 3.63) is 32.4 Å². The molecule has 1 aromatic carbocycles. The number of nitrogens with zero attached hydrogens (tertiary/aromatic N) is 2. The Morgan fingerprint density at radius 3 is 1.42 bits per heavy atom. The van der Waals surface area contributed by atoms with E-state index < -0.39 is 9.85 Å². The molecule has 0 bridgehead atoms. The van der Waals surface area contributed by atoms with Crippen LogP contribution in [0.15, 0.2) is 12.1 Å². The molecule has 0 amide bonds. The van der Waals surface area contributed by atoms with E-state index in [9.17, 15) is 20.2 Å². The lowest BCUT2D eigenvalue weighted by molar-refractivity contribution is -0.390. The van der Waals surface area contributed by atoms with Gasteiger partial charge in [0.15, 0.2) is 0 Å². The molecule has 0 fully saturated rings. The van der Waals surface area contributed by atoms with Crippen molar-refractivity contribution >= 4 is 11.4 Å². The number of unbranched alkanes of at least 4 members (excludes halogenated alkanes) is 6. The lowest BCUT2D eigenvalue weighted by Crippen LogP contribution is -2.05. The molecule has 0 saturated carbocycles. The summed E-state index contributed by atoms with van der Waals surface area (Å²) in [5.74, 6) is -0.173. The monoisotopic (exact) mass is 368 g/mol. The second-order valence-corrected chi connectivity index (χ2v) is 6.12. The quantitative estimate of drug-likeness (QED) is 0.246. The fourth-order valence-electron chi connectivity index (χ4n) is 2.48. The Bertz CT molecular complexity index is 540. The molecule has 0 N–H and O–H groups in total. The van der Waals surface area contributed by atoms with Crippen LogP contribution in [0.4, 0.5) is 11.4 Å². The first kappa shape index (κ1) is 21.7. The minimum atomic E-state index is -0.602. The van der Waals surface area contributed by atoms with Crippen molar-refractivity contribution in [2.24, 2.45) is 0 Å². The molecular formula is C18H28N2O6. The summed E-state index contributed by atoms with van der Waals surface area (Å²) in [6.45, 7) is 4.73. The number of nitro benzene ring substituents is 2. The average molecular weight is 368 g/mol. The van der Waals surface area contributed by atoms with Crippen molar-refractivity contribution in [2.45, 2.75) is 65.2 Å². The smallest absolute Gasteiger partial charge is 0.315 e. The van der Waals surface area contributed by atoms with E-state index in [4.69, 9.17) is 9.47 Å². The maximum Gasteiger partial charge on any atom is 0.315 e. The predicted molar refractivity (Wildman–Crippen MR) is 99.0 cm³/mol. The Morgan fingerprint density at radius 2 is 1.12 bits per heavy atom. The van der Waals surface area contributed by atoms with Crippen LogP contribution in [0.5, 0.6) is 11.5 Å². The van der Waals surface area contributed by atoms with Crippen molar-refractivity contribution in [1.29, 1.82) is 0 Å². The highest BCUT2D eigenvalue weighted by Gasteiger charge is 2.26. The highest BCUT2D eigenvalue weighted by atomic mass is 16.6. The van der Waals surface area contributed by atoms with E-state index in [0.717, 1.165) is 63.5 Å². The Labute approximate surface area is 153 Å². The van der Waals surface area contributed by atoms with Crippen molar-refractivity contribution in [3.8, 4) is 11.5 Å². The van der Waals surface area contributed by atoms with Gasteiger partial charge in [-0.25, -0.2) is 0 Å². The van der Waals surface area contributed by atoms with Crippen LogP contribution in [0.25, 0.3) is 0 Å². The third-order valence-electron chi connectivity index (χ3n) is 3.94. The normalized spacial score (nSPS) is 10.5. The number of nitro groups is 2. The van der Waals surface area contributed by atoms with E-state index in [2.05, 4.69) is 13.8 Å². The fraction of sp³-hybridized carbons (Fsp3) is 0.667. The topological polar surface area (TPSA) is 105 Å². The van der Waals surface area contributed by atoms with Gasteiger partial charge in [-0.1, -0.05) is 52.4 Å². The molecule has 0 spiro atoms. The van der Waals surface area contributed by atoms with Crippen LogP contribution in [0.3, 0.4) is 0 Å². The van der Waals surface area contributed by atoms with Gasteiger partial charge in [0, 0.05) is 0 Å². The molecule has 0 radical (unpaired) electrons. The molecule has 0 unspecified atom stereocenters. The number of benzene rings is 1. The first-order chi connectivity index (χ1) is 12.5. The van der Waals surface area contributed by atoms with E-state index in [-0.39, 0.29) is 36.1 Å². The molecule has 0 aliphatic heterocycles. The number of rotatable bonds is 14. The zero-order valence-electron chi connectivity index (χ0n) is 15.6. The van der Waals surface area contributed by atoms with Gasteiger partial charge in [-0.2, -0.15) is 0 Å². The van der Waals surface area contributed by atoms with E-state index >= 15 is 0 Å². The van der Waals surface area contributed by atoms with Crippen LogP contribution in [-0.4, -0.2) is 23.1 Å². The van der Waals surface area contributed by atoms with Crippen LogP contribution < -0.4 is 9.47 Å². The van der Waals surface area contributed by atoms with Gasteiger partial charge in [-0.15, -0.1) is 0 Å². The molecule has 1 rings (SSSR count). The molecule has 8 heteroatoms. The van der Waals surface area contributed by atoms with Gasteiger partial charge < -0.3 is 9.47 Å². The second kappa shape index (κ2) is 12.1. The molecule has 0 heterocycles. The number of hydrogen-bond acceptors (Lipinski definition) is 6. The van der Waals surface area contributed by atoms with Crippen molar-refractivity contribution in [2.75, 3.05) is 13.2 Å². The van der Waals surface area contributed by atoms with Gasteiger partial charge in [-0.05, 0) is 12.8 Å². The Hall–Kier alpha value is -2.38. The van der Waals surface area contributed by atoms with Crippen molar-refractivity contribution in [3.63, 3.8) is 0 Å². The maximum atomic E-state index is 11.3. The first-order valence-electron chi connectivity index (χ1n) is 9.23. The molecule has 0 aliphatic rings.